The Morgan fingerprint density at radius 2 is 2.12 bits per heavy atom. The molecule has 0 radical (unpaired) electrons. The molecule has 0 amide bonds. The number of hydrogen-bond donors (Lipinski definition) is 1. The number of hydrogen-bond acceptors (Lipinski definition) is 3. The molecular weight excluding hydrogens is 202 g/mol. The average Bonchev–Trinajstić information content (AvgIpc) is 2.28. The van der Waals surface area contributed by atoms with Gasteiger partial charge in [-0.05, 0) is 31.7 Å². The monoisotopic (exact) mass is 227 g/mol. The Balaban J connectivity index is 2.19. The normalized spacial score (nSPS) is 27.4. The number of methoxy groups -OCH3 is 1. The molecule has 94 valence electrons. The highest BCUT2D eigenvalue weighted by molar-refractivity contribution is 5.69. The third-order valence-corrected chi connectivity index (χ3v) is 3.72. The standard InChI is InChI=1S/C13H25NO2/c1-10-6-4-5-7-12(10)9-14-11(2)8-13(15)16-3/h10-12,14H,4-9H2,1-3H3. The number of ether oxygens (including phenoxy) is 1. The summed E-state index contributed by atoms with van der Waals surface area (Å²) >= 11 is 0. The number of nitrogens with one attached hydrogen (secondary N) is 1. The van der Waals surface area contributed by atoms with Gasteiger partial charge in [-0.2, -0.15) is 0 Å². The van der Waals surface area contributed by atoms with E-state index >= 15 is 0 Å². The minimum atomic E-state index is -0.128. The number of carbonyl (C=O) groups is 1. The van der Waals surface area contributed by atoms with E-state index in [1.807, 2.05) is 6.92 Å². The quantitative estimate of drug-likeness (QED) is 0.733. The molecule has 0 saturated heterocycles. The summed E-state index contributed by atoms with van der Waals surface area (Å²) in [6.07, 6.45) is 5.91. The lowest BCUT2D eigenvalue weighted by molar-refractivity contribution is -0.141. The van der Waals surface area contributed by atoms with Crippen molar-refractivity contribution in [1.29, 1.82) is 0 Å². The first-order chi connectivity index (χ1) is 7.63. The van der Waals surface area contributed by atoms with Crippen LogP contribution < -0.4 is 5.32 Å². The van der Waals surface area contributed by atoms with Crippen molar-refractivity contribution >= 4 is 5.97 Å². The van der Waals surface area contributed by atoms with Gasteiger partial charge in [-0.15, -0.1) is 0 Å². The maximum Gasteiger partial charge on any atom is 0.307 e. The van der Waals surface area contributed by atoms with Gasteiger partial charge in [0.2, 0.25) is 0 Å². The largest absolute Gasteiger partial charge is 0.469 e. The third-order valence-electron chi connectivity index (χ3n) is 3.72. The van der Waals surface area contributed by atoms with Gasteiger partial charge in [-0.1, -0.05) is 26.2 Å². The number of esters is 1. The summed E-state index contributed by atoms with van der Waals surface area (Å²) in [6, 6.07) is 0.224. The zero-order valence-electron chi connectivity index (χ0n) is 10.8. The Labute approximate surface area is 98.9 Å². The molecule has 3 heteroatoms. The lowest BCUT2D eigenvalue weighted by Crippen LogP contribution is -2.36. The highest BCUT2D eigenvalue weighted by Crippen LogP contribution is 2.28. The second-order valence-electron chi connectivity index (χ2n) is 5.11. The summed E-state index contributed by atoms with van der Waals surface area (Å²) in [4.78, 5) is 11.1. The van der Waals surface area contributed by atoms with Crippen LogP contribution in [0.4, 0.5) is 0 Å². The topological polar surface area (TPSA) is 38.3 Å². The van der Waals surface area contributed by atoms with E-state index in [2.05, 4.69) is 17.0 Å². The molecule has 1 fully saturated rings. The number of carbonyl (C=O) groups excluding carboxylic acids is 1. The maximum atomic E-state index is 11.1. The first kappa shape index (κ1) is 13.5. The van der Waals surface area contributed by atoms with Crippen LogP contribution in [0.2, 0.25) is 0 Å². The second kappa shape index (κ2) is 6.89. The van der Waals surface area contributed by atoms with Crippen molar-refractivity contribution in [3.8, 4) is 0 Å². The Hall–Kier alpha value is -0.570. The Bertz CT molecular complexity index is 218. The van der Waals surface area contributed by atoms with Gasteiger partial charge in [0.15, 0.2) is 0 Å². The van der Waals surface area contributed by atoms with E-state index in [0.29, 0.717) is 6.42 Å². The summed E-state index contributed by atoms with van der Waals surface area (Å²) in [6.45, 7) is 5.43. The van der Waals surface area contributed by atoms with Crippen molar-refractivity contribution in [2.45, 2.75) is 52.0 Å². The average molecular weight is 227 g/mol. The molecule has 1 saturated carbocycles. The molecule has 0 aromatic heterocycles. The first-order valence-electron chi connectivity index (χ1n) is 6.43. The summed E-state index contributed by atoms with van der Waals surface area (Å²) in [5.74, 6) is 1.48. The van der Waals surface area contributed by atoms with Gasteiger partial charge < -0.3 is 10.1 Å². The highest BCUT2D eigenvalue weighted by atomic mass is 16.5. The van der Waals surface area contributed by atoms with Crippen LogP contribution in [-0.4, -0.2) is 25.7 Å². The molecule has 0 bridgehead atoms. The van der Waals surface area contributed by atoms with Crippen molar-refractivity contribution in [2.24, 2.45) is 11.8 Å². The summed E-state index contributed by atoms with van der Waals surface area (Å²) < 4.78 is 4.65. The van der Waals surface area contributed by atoms with Gasteiger partial charge >= 0.3 is 5.97 Å². The second-order valence-corrected chi connectivity index (χ2v) is 5.11. The first-order valence-corrected chi connectivity index (χ1v) is 6.43. The molecule has 0 aromatic carbocycles. The van der Waals surface area contributed by atoms with E-state index in [-0.39, 0.29) is 12.0 Å². The maximum absolute atomic E-state index is 11.1. The number of rotatable bonds is 5. The van der Waals surface area contributed by atoms with Crippen LogP contribution in [0.3, 0.4) is 0 Å². The van der Waals surface area contributed by atoms with Crippen molar-refractivity contribution in [3.63, 3.8) is 0 Å². The predicted molar refractivity (Wildman–Crippen MR) is 65.2 cm³/mol. The van der Waals surface area contributed by atoms with Crippen LogP contribution in [0, 0.1) is 11.8 Å². The van der Waals surface area contributed by atoms with Crippen LogP contribution >= 0.6 is 0 Å². The van der Waals surface area contributed by atoms with Crippen LogP contribution in [0.15, 0.2) is 0 Å². The van der Waals surface area contributed by atoms with Crippen molar-refractivity contribution in [3.05, 3.63) is 0 Å². The molecule has 1 rings (SSSR count). The van der Waals surface area contributed by atoms with E-state index < -0.39 is 0 Å². The molecule has 0 aromatic rings. The third kappa shape index (κ3) is 4.52. The summed E-state index contributed by atoms with van der Waals surface area (Å²) in [5, 5.41) is 3.45. The van der Waals surface area contributed by atoms with Crippen LogP contribution in [0.5, 0.6) is 0 Å². The summed E-state index contributed by atoms with van der Waals surface area (Å²) in [7, 11) is 1.44. The zero-order valence-corrected chi connectivity index (χ0v) is 10.8. The van der Waals surface area contributed by atoms with E-state index in [0.717, 1.165) is 18.4 Å². The van der Waals surface area contributed by atoms with Gasteiger partial charge in [0, 0.05) is 6.04 Å². The predicted octanol–water partition coefficient (Wildman–Crippen LogP) is 2.35. The lowest BCUT2D eigenvalue weighted by atomic mass is 9.80. The fourth-order valence-electron chi connectivity index (χ4n) is 2.45. The molecule has 1 aliphatic rings. The molecule has 0 heterocycles. The molecule has 16 heavy (non-hydrogen) atoms. The van der Waals surface area contributed by atoms with Gasteiger partial charge in [0.1, 0.15) is 0 Å². The Morgan fingerprint density at radius 1 is 1.44 bits per heavy atom. The zero-order chi connectivity index (χ0) is 12.0. The smallest absolute Gasteiger partial charge is 0.307 e. The molecular formula is C13H25NO2. The minimum Gasteiger partial charge on any atom is -0.469 e. The van der Waals surface area contributed by atoms with E-state index in [1.165, 1.54) is 32.8 Å². The molecule has 1 aliphatic carbocycles. The summed E-state index contributed by atoms with van der Waals surface area (Å²) in [5.41, 5.74) is 0. The fourth-order valence-corrected chi connectivity index (χ4v) is 2.45. The molecule has 1 N–H and O–H groups in total. The van der Waals surface area contributed by atoms with Gasteiger partial charge in [0.05, 0.1) is 13.5 Å². The van der Waals surface area contributed by atoms with Crippen molar-refractivity contribution in [1.82, 2.24) is 5.32 Å². The molecule has 0 spiro atoms. The molecule has 3 unspecified atom stereocenters. The van der Waals surface area contributed by atoms with Crippen LogP contribution in [-0.2, 0) is 9.53 Å². The van der Waals surface area contributed by atoms with Crippen molar-refractivity contribution in [2.75, 3.05) is 13.7 Å². The van der Waals surface area contributed by atoms with Gasteiger partial charge in [-0.25, -0.2) is 0 Å². The minimum absolute atomic E-state index is 0.128. The van der Waals surface area contributed by atoms with E-state index in [9.17, 15) is 4.79 Å². The fraction of sp³-hybridized carbons (Fsp3) is 0.923. The lowest BCUT2D eigenvalue weighted by Gasteiger charge is -2.30. The molecule has 3 atom stereocenters. The van der Waals surface area contributed by atoms with E-state index in [4.69, 9.17) is 0 Å². The van der Waals surface area contributed by atoms with E-state index in [1.54, 1.807) is 0 Å². The Kier molecular flexibility index (Phi) is 5.81. The van der Waals surface area contributed by atoms with Gasteiger partial charge in [0.25, 0.3) is 0 Å². The Morgan fingerprint density at radius 3 is 2.75 bits per heavy atom. The molecule has 3 nitrogen and oxygen atoms in total. The molecule has 0 aliphatic heterocycles. The van der Waals surface area contributed by atoms with Crippen LogP contribution in [0.25, 0.3) is 0 Å². The highest BCUT2D eigenvalue weighted by Gasteiger charge is 2.21. The van der Waals surface area contributed by atoms with Gasteiger partial charge in [-0.3, -0.25) is 4.79 Å². The van der Waals surface area contributed by atoms with Crippen LogP contribution in [0.1, 0.15) is 46.0 Å². The van der Waals surface area contributed by atoms with Crippen molar-refractivity contribution < 1.29 is 9.53 Å². The SMILES string of the molecule is COC(=O)CC(C)NCC1CCCCC1C.